The SMILES string of the molecule is CCC(N)C(c1ccccn1)N1CCCC(C)C1C. The van der Waals surface area contributed by atoms with Crippen molar-refractivity contribution in [2.45, 2.75) is 58.2 Å². The van der Waals surface area contributed by atoms with Gasteiger partial charge >= 0.3 is 0 Å². The zero-order chi connectivity index (χ0) is 13.8. The summed E-state index contributed by atoms with van der Waals surface area (Å²) in [5, 5.41) is 0. The number of aromatic nitrogens is 1. The van der Waals surface area contributed by atoms with Gasteiger partial charge in [-0.05, 0) is 50.8 Å². The Labute approximate surface area is 117 Å². The summed E-state index contributed by atoms with van der Waals surface area (Å²) in [5.41, 5.74) is 7.53. The molecule has 4 unspecified atom stereocenters. The summed E-state index contributed by atoms with van der Waals surface area (Å²) in [4.78, 5) is 7.14. The van der Waals surface area contributed by atoms with Gasteiger partial charge in [0.1, 0.15) is 0 Å². The fourth-order valence-electron chi connectivity index (χ4n) is 3.17. The second-order valence-electron chi connectivity index (χ2n) is 5.87. The molecule has 0 spiro atoms. The van der Waals surface area contributed by atoms with Crippen LogP contribution in [0, 0.1) is 5.92 Å². The van der Waals surface area contributed by atoms with Gasteiger partial charge in [0.2, 0.25) is 0 Å². The summed E-state index contributed by atoms with van der Waals surface area (Å²) in [6, 6.07) is 7.15. The minimum Gasteiger partial charge on any atom is -0.326 e. The first-order chi connectivity index (χ1) is 9.15. The quantitative estimate of drug-likeness (QED) is 0.906. The van der Waals surface area contributed by atoms with E-state index in [0.717, 1.165) is 24.6 Å². The van der Waals surface area contributed by atoms with Crippen LogP contribution in [0.2, 0.25) is 0 Å². The van der Waals surface area contributed by atoms with Crippen molar-refractivity contribution in [1.29, 1.82) is 0 Å². The molecule has 0 saturated carbocycles. The molecule has 0 radical (unpaired) electrons. The molecule has 106 valence electrons. The van der Waals surface area contributed by atoms with Gasteiger partial charge in [-0.15, -0.1) is 0 Å². The van der Waals surface area contributed by atoms with E-state index in [4.69, 9.17) is 5.73 Å². The molecule has 1 aromatic heterocycles. The lowest BCUT2D eigenvalue weighted by Crippen LogP contribution is -2.50. The van der Waals surface area contributed by atoms with Crippen molar-refractivity contribution < 1.29 is 0 Å². The summed E-state index contributed by atoms with van der Waals surface area (Å²) < 4.78 is 0. The molecular formula is C16H27N3. The normalized spacial score (nSPS) is 28.0. The molecule has 1 aliphatic heterocycles. The standard InChI is InChI=1S/C16H27N3/c1-4-14(17)16(15-9-5-6-10-18-15)19-11-7-8-12(2)13(19)3/h5-6,9-10,12-14,16H,4,7-8,11,17H2,1-3H3. The molecule has 0 amide bonds. The molecule has 2 N–H and O–H groups in total. The number of pyridine rings is 1. The van der Waals surface area contributed by atoms with Crippen LogP contribution in [-0.2, 0) is 0 Å². The monoisotopic (exact) mass is 261 g/mol. The van der Waals surface area contributed by atoms with Crippen LogP contribution in [0.25, 0.3) is 0 Å². The lowest BCUT2D eigenvalue weighted by molar-refractivity contribution is 0.0527. The van der Waals surface area contributed by atoms with E-state index in [-0.39, 0.29) is 12.1 Å². The second kappa shape index (κ2) is 6.49. The fraction of sp³-hybridized carbons (Fsp3) is 0.688. The van der Waals surface area contributed by atoms with E-state index in [2.05, 4.69) is 42.8 Å². The number of rotatable bonds is 4. The third kappa shape index (κ3) is 3.15. The highest BCUT2D eigenvalue weighted by Crippen LogP contribution is 2.32. The van der Waals surface area contributed by atoms with Crippen molar-refractivity contribution in [3.8, 4) is 0 Å². The average molecular weight is 261 g/mol. The van der Waals surface area contributed by atoms with E-state index in [0.29, 0.717) is 6.04 Å². The Hall–Kier alpha value is -0.930. The van der Waals surface area contributed by atoms with Gasteiger partial charge < -0.3 is 5.73 Å². The highest BCUT2D eigenvalue weighted by molar-refractivity contribution is 5.12. The van der Waals surface area contributed by atoms with Gasteiger partial charge in [-0.3, -0.25) is 9.88 Å². The molecule has 0 aromatic carbocycles. The zero-order valence-electron chi connectivity index (χ0n) is 12.4. The van der Waals surface area contributed by atoms with Gasteiger partial charge in [-0.1, -0.05) is 19.9 Å². The molecule has 1 aromatic rings. The molecule has 0 aliphatic carbocycles. The van der Waals surface area contributed by atoms with Crippen LogP contribution in [0.5, 0.6) is 0 Å². The third-order valence-electron chi connectivity index (χ3n) is 4.65. The first kappa shape index (κ1) is 14.5. The predicted molar refractivity (Wildman–Crippen MR) is 79.8 cm³/mol. The first-order valence-corrected chi connectivity index (χ1v) is 7.57. The molecule has 0 bridgehead atoms. The van der Waals surface area contributed by atoms with Crippen LogP contribution in [0.1, 0.15) is 51.8 Å². The van der Waals surface area contributed by atoms with E-state index < -0.39 is 0 Å². The Bertz CT molecular complexity index is 379. The average Bonchev–Trinajstić information content (AvgIpc) is 2.44. The summed E-state index contributed by atoms with van der Waals surface area (Å²) in [5.74, 6) is 0.740. The van der Waals surface area contributed by atoms with Crippen molar-refractivity contribution in [3.63, 3.8) is 0 Å². The second-order valence-corrected chi connectivity index (χ2v) is 5.87. The number of hydrogen-bond acceptors (Lipinski definition) is 3. The predicted octanol–water partition coefficient (Wildman–Crippen LogP) is 2.98. The largest absolute Gasteiger partial charge is 0.326 e. The van der Waals surface area contributed by atoms with E-state index in [1.165, 1.54) is 12.8 Å². The third-order valence-corrected chi connectivity index (χ3v) is 4.65. The topological polar surface area (TPSA) is 42.1 Å². The minimum absolute atomic E-state index is 0.155. The highest BCUT2D eigenvalue weighted by atomic mass is 15.2. The summed E-state index contributed by atoms with van der Waals surface area (Å²) in [7, 11) is 0. The van der Waals surface area contributed by atoms with Crippen molar-refractivity contribution >= 4 is 0 Å². The Morgan fingerprint density at radius 2 is 2.21 bits per heavy atom. The highest BCUT2D eigenvalue weighted by Gasteiger charge is 2.34. The maximum absolute atomic E-state index is 6.41. The molecule has 19 heavy (non-hydrogen) atoms. The van der Waals surface area contributed by atoms with Crippen LogP contribution in [0.3, 0.4) is 0 Å². The molecule has 3 nitrogen and oxygen atoms in total. The number of nitrogens with zero attached hydrogens (tertiary/aromatic N) is 2. The van der Waals surface area contributed by atoms with Crippen molar-refractivity contribution in [2.75, 3.05) is 6.54 Å². The lowest BCUT2D eigenvalue weighted by atomic mass is 9.88. The number of piperidine rings is 1. The van der Waals surface area contributed by atoms with Crippen LogP contribution >= 0.6 is 0 Å². The van der Waals surface area contributed by atoms with Gasteiger partial charge in [0.15, 0.2) is 0 Å². The van der Waals surface area contributed by atoms with Crippen molar-refractivity contribution in [3.05, 3.63) is 30.1 Å². The number of nitrogens with two attached hydrogens (primary N) is 1. The van der Waals surface area contributed by atoms with E-state index in [9.17, 15) is 0 Å². The Balaban J connectivity index is 2.27. The van der Waals surface area contributed by atoms with Crippen LogP contribution in [0.4, 0.5) is 0 Å². The van der Waals surface area contributed by atoms with Gasteiger partial charge in [-0.2, -0.15) is 0 Å². The lowest BCUT2D eigenvalue weighted by Gasteiger charge is -2.44. The maximum atomic E-state index is 6.41. The smallest absolute Gasteiger partial charge is 0.0675 e. The molecular weight excluding hydrogens is 234 g/mol. The number of hydrogen-bond donors (Lipinski definition) is 1. The Morgan fingerprint density at radius 1 is 1.42 bits per heavy atom. The van der Waals surface area contributed by atoms with Crippen molar-refractivity contribution in [2.24, 2.45) is 11.7 Å². The molecule has 4 atom stereocenters. The van der Waals surface area contributed by atoms with Gasteiger partial charge in [-0.25, -0.2) is 0 Å². The van der Waals surface area contributed by atoms with E-state index >= 15 is 0 Å². The first-order valence-electron chi connectivity index (χ1n) is 7.57. The molecule has 2 heterocycles. The van der Waals surface area contributed by atoms with Crippen LogP contribution < -0.4 is 5.73 Å². The fourth-order valence-corrected chi connectivity index (χ4v) is 3.17. The number of likely N-dealkylation sites (tertiary alicyclic amines) is 1. The Morgan fingerprint density at radius 3 is 2.84 bits per heavy atom. The maximum Gasteiger partial charge on any atom is 0.0675 e. The Kier molecular flexibility index (Phi) is 4.94. The van der Waals surface area contributed by atoms with Crippen LogP contribution in [-0.4, -0.2) is 28.5 Å². The van der Waals surface area contributed by atoms with Gasteiger partial charge in [0.05, 0.1) is 11.7 Å². The van der Waals surface area contributed by atoms with E-state index in [1.807, 2.05) is 12.3 Å². The minimum atomic E-state index is 0.155. The van der Waals surface area contributed by atoms with E-state index in [1.54, 1.807) is 0 Å². The van der Waals surface area contributed by atoms with Gasteiger partial charge in [0, 0.05) is 18.3 Å². The summed E-state index contributed by atoms with van der Waals surface area (Å²) >= 11 is 0. The van der Waals surface area contributed by atoms with Gasteiger partial charge in [0.25, 0.3) is 0 Å². The molecule has 1 fully saturated rings. The summed E-state index contributed by atoms with van der Waals surface area (Å²) in [6.45, 7) is 7.99. The van der Waals surface area contributed by atoms with Crippen LogP contribution in [0.15, 0.2) is 24.4 Å². The summed E-state index contributed by atoms with van der Waals surface area (Å²) in [6.07, 6.45) is 5.46. The van der Waals surface area contributed by atoms with Crippen molar-refractivity contribution in [1.82, 2.24) is 9.88 Å². The molecule has 1 saturated heterocycles. The molecule has 2 rings (SSSR count). The zero-order valence-corrected chi connectivity index (χ0v) is 12.4. The molecule has 1 aliphatic rings. The molecule has 3 heteroatoms.